The van der Waals surface area contributed by atoms with E-state index in [4.69, 9.17) is 16.3 Å². The van der Waals surface area contributed by atoms with Crippen LogP contribution in [0.5, 0.6) is 5.75 Å². The van der Waals surface area contributed by atoms with Crippen molar-refractivity contribution in [2.45, 2.75) is 39.0 Å². The number of hydrogen-bond acceptors (Lipinski definition) is 4. The van der Waals surface area contributed by atoms with Crippen LogP contribution in [0.4, 0.5) is 8.78 Å². The Balaban J connectivity index is 1.64. The van der Waals surface area contributed by atoms with E-state index in [1.165, 1.54) is 12.1 Å². The molecule has 166 valence electrons. The van der Waals surface area contributed by atoms with Gasteiger partial charge in [-0.3, -0.25) is 4.79 Å². The van der Waals surface area contributed by atoms with Crippen molar-refractivity contribution in [2.24, 2.45) is 4.99 Å². The van der Waals surface area contributed by atoms with Gasteiger partial charge < -0.3 is 24.6 Å². The van der Waals surface area contributed by atoms with E-state index < -0.39 is 6.61 Å². The van der Waals surface area contributed by atoms with Crippen LogP contribution in [0.2, 0.25) is 5.02 Å². The number of rotatable bonds is 6. The SMILES string of the molecule is CCNC(=NCc1cc(Cl)ccc1OC(F)F)N1CCN(C(=O)C2CCCO2)CC1. The maximum atomic E-state index is 12.7. The Hall–Kier alpha value is -2.13. The highest BCUT2D eigenvalue weighted by molar-refractivity contribution is 6.30. The summed E-state index contributed by atoms with van der Waals surface area (Å²) in [4.78, 5) is 21.0. The summed E-state index contributed by atoms with van der Waals surface area (Å²) in [5.41, 5.74) is 0.477. The third-order valence-corrected chi connectivity index (χ3v) is 5.30. The number of hydrogen-bond donors (Lipinski definition) is 1. The molecule has 1 amide bonds. The van der Waals surface area contributed by atoms with E-state index in [0.717, 1.165) is 12.8 Å². The van der Waals surface area contributed by atoms with Gasteiger partial charge in [-0.05, 0) is 38.0 Å². The second-order valence-electron chi connectivity index (χ2n) is 7.11. The lowest BCUT2D eigenvalue weighted by Crippen LogP contribution is -2.55. The number of halogens is 3. The van der Waals surface area contributed by atoms with Gasteiger partial charge in [0.15, 0.2) is 5.96 Å². The quantitative estimate of drug-likeness (QED) is 0.540. The number of carbonyl (C=O) groups is 1. The molecule has 7 nitrogen and oxygen atoms in total. The number of carbonyl (C=O) groups excluding carboxylic acids is 1. The zero-order valence-corrected chi connectivity index (χ0v) is 17.7. The predicted octanol–water partition coefficient (Wildman–Crippen LogP) is 2.73. The van der Waals surface area contributed by atoms with Crippen molar-refractivity contribution < 1.29 is 23.0 Å². The molecule has 0 aliphatic carbocycles. The molecule has 0 radical (unpaired) electrons. The Kier molecular flexibility index (Phi) is 8.09. The first-order chi connectivity index (χ1) is 14.5. The molecule has 10 heteroatoms. The van der Waals surface area contributed by atoms with Crippen molar-refractivity contribution in [1.29, 1.82) is 0 Å². The van der Waals surface area contributed by atoms with E-state index in [1.54, 1.807) is 6.07 Å². The monoisotopic (exact) mass is 444 g/mol. The molecule has 0 aromatic heterocycles. The number of alkyl halides is 2. The fourth-order valence-corrected chi connectivity index (χ4v) is 3.78. The molecule has 2 fully saturated rings. The Bertz CT molecular complexity index is 752. The van der Waals surface area contributed by atoms with Crippen LogP contribution in [-0.4, -0.2) is 73.7 Å². The van der Waals surface area contributed by atoms with Gasteiger partial charge in [0.05, 0.1) is 6.54 Å². The normalized spacial score (nSPS) is 20.0. The number of benzene rings is 1. The molecular weight excluding hydrogens is 418 g/mol. The molecule has 0 bridgehead atoms. The van der Waals surface area contributed by atoms with E-state index in [9.17, 15) is 13.6 Å². The van der Waals surface area contributed by atoms with Gasteiger partial charge in [-0.1, -0.05) is 11.6 Å². The summed E-state index contributed by atoms with van der Waals surface area (Å²) in [5, 5.41) is 3.65. The number of piperazine rings is 1. The third-order valence-electron chi connectivity index (χ3n) is 5.07. The van der Waals surface area contributed by atoms with E-state index >= 15 is 0 Å². The molecule has 1 aromatic rings. The highest BCUT2D eigenvalue weighted by Gasteiger charge is 2.30. The fraction of sp³-hybridized carbons (Fsp3) is 0.600. The highest BCUT2D eigenvalue weighted by Crippen LogP contribution is 2.25. The topological polar surface area (TPSA) is 66.4 Å². The van der Waals surface area contributed by atoms with Crippen LogP contribution in [0.1, 0.15) is 25.3 Å². The van der Waals surface area contributed by atoms with Crippen molar-refractivity contribution in [2.75, 3.05) is 39.3 Å². The zero-order valence-electron chi connectivity index (χ0n) is 17.0. The first-order valence-electron chi connectivity index (χ1n) is 10.1. The van der Waals surface area contributed by atoms with E-state index in [1.807, 2.05) is 11.8 Å². The molecule has 2 aliphatic heterocycles. The van der Waals surface area contributed by atoms with Crippen LogP contribution in [0, 0.1) is 0 Å². The number of nitrogens with zero attached hydrogens (tertiary/aromatic N) is 3. The van der Waals surface area contributed by atoms with E-state index in [0.29, 0.717) is 55.9 Å². The minimum Gasteiger partial charge on any atom is -0.434 e. The first-order valence-corrected chi connectivity index (χ1v) is 10.5. The van der Waals surface area contributed by atoms with Crippen molar-refractivity contribution in [3.05, 3.63) is 28.8 Å². The Labute approximate surface area is 180 Å². The van der Waals surface area contributed by atoms with E-state index in [-0.39, 0.29) is 24.3 Å². The van der Waals surface area contributed by atoms with Crippen molar-refractivity contribution in [3.63, 3.8) is 0 Å². The average molecular weight is 445 g/mol. The smallest absolute Gasteiger partial charge is 0.387 e. The zero-order chi connectivity index (χ0) is 21.5. The van der Waals surface area contributed by atoms with Crippen LogP contribution in [0.25, 0.3) is 0 Å². The number of ether oxygens (including phenoxy) is 2. The van der Waals surface area contributed by atoms with Crippen LogP contribution in [0.15, 0.2) is 23.2 Å². The van der Waals surface area contributed by atoms with Gasteiger partial charge in [0.25, 0.3) is 5.91 Å². The van der Waals surface area contributed by atoms with Gasteiger partial charge in [-0.15, -0.1) is 0 Å². The highest BCUT2D eigenvalue weighted by atomic mass is 35.5. The van der Waals surface area contributed by atoms with Gasteiger partial charge in [0.2, 0.25) is 0 Å². The standard InChI is InChI=1S/C20H27ClF2N4O3/c1-2-24-20(25-13-14-12-15(21)5-6-16(14)30-19(22)23)27-9-7-26(8-10-27)18(28)17-4-3-11-29-17/h5-6,12,17,19H,2-4,7-11,13H2,1H3,(H,24,25). The second kappa shape index (κ2) is 10.8. The van der Waals surface area contributed by atoms with E-state index in [2.05, 4.69) is 19.9 Å². The Morgan fingerprint density at radius 2 is 2.07 bits per heavy atom. The molecule has 30 heavy (non-hydrogen) atoms. The maximum absolute atomic E-state index is 12.7. The number of aliphatic imine (C=N–C) groups is 1. The first kappa shape index (κ1) is 22.6. The van der Waals surface area contributed by atoms with Crippen LogP contribution < -0.4 is 10.1 Å². The van der Waals surface area contributed by atoms with Gasteiger partial charge in [-0.2, -0.15) is 8.78 Å². The third kappa shape index (κ3) is 5.95. The van der Waals surface area contributed by atoms with Gasteiger partial charge >= 0.3 is 6.61 Å². The summed E-state index contributed by atoms with van der Waals surface area (Å²) in [7, 11) is 0. The molecule has 0 saturated carbocycles. The van der Waals surface area contributed by atoms with Crippen molar-refractivity contribution >= 4 is 23.5 Å². The van der Waals surface area contributed by atoms with Gasteiger partial charge in [0, 0.05) is 49.9 Å². The molecule has 3 rings (SSSR count). The van der Waals surface area contributed by atoms with Crippen molar-refractivity contribution in [1.82, 2.24) is 15.1 Å². The summed E-state index contributed by atoms with van der Waals surface area (Å²) >= 11 is 6.01. The van der Waals surface area contributed by atoms with Crippen LogP contribution >= 0.6 is 11.6 Å². The lowest BCUT2D eigenvalue weighted by Gasteiger charge is -2.37. The minimum atomic E-state index is -2.92. The van der Waals surface area contributed by atoms with Crippen LogP contribution in [0.3, 0.4) is 0 Å². The molecule has 1 N–H and O–H groups in total. The molecule has 1 atom stereocenters. The maximum Gasteiger partial charge on any atom is 0.387 e. The average Bonchev–Trinajstić information content (AvgIpc) is 3.27. The number of guanidine groups is 1. The lowest BCUT2D eigenvalue weighted by atomic mass is 10.2. The molecule has 0 spiro atoms. The second-order valence-corrected chi connectivity index (χ2v) is 7.55. The fourth-order valence-electron chi connectivity index (χ4n) is 3.58. The molecule has 1 unspecified atom stereocenters. The van der Waals surface area contributed by atoms with Crippen molar-refractivity contribution in [3.8, 4) is 5.75 Å². The lowest BCUT2D eigenvalue weighted by molar-refractivity contribution is -0.142. The van der Waals surface area contributed by atoms with Crippen LogP contribution in [-0.2, 0) is 16.1 Å². The minimum absolute atomic E-state index is 0.0565. The summed E-state index contributed by atoms with van der Waals surface area (Å²) in [6, 6.07) is 4.49. The molecule has 1 aromatic carbocycles. The molecule has 2 heterocycles. The molecule has 2 aliphatic rings. The summed E-state index contributed by atoms with van der Waals surface area (Å²) < 4.78 is 35.4. The van der Waals surface area contributed by atoms with Gasteiger partial charge in [-0.25, -0.2) is 4.99 Å². The molecule has 2 saturated heterocycles. The molecular formula is C20H27ClF2N4O3. The summed E-state index contributed by atoms with van der Waals surface area (Å²) in [5.74, 6) is 0.771. The summed E-state index contributed by atoms with van der Waals surface area (Å²) in [6.45, 7) is 2.90. The number of nitrogens with one attached hydrogen (secondary N) is 1. The Morgan fingerprint density at radius 3 is 2.70 bits per heavy atom. The Morgan fingerprint density at radius 1 is 1.33 bits per heavy atom. The van der Waals surface area contributed by atoms with Gasteiger partial charge in [0.1, 0.15) is 11.9 Å². The number of amides is 1. The largest absolute Gasteiger partial charge is 0.434 e. The predicted molar refractivity (Wildman–Crippen MR) is 110 cm³/mol. The summed E-state index contributed by atoms with van der Waals surface area (Å²) in [6.07, 6.45) is 1.40.